The van der Waals surface area contributed by atoms with Gasteiger partial charge in [-0.05, 0) is 6.08 Å². The van der Waals surface area contributed by atoms with E-state index in [0.717, 1.165) is 0 Å². The van der Waals surface area contributed by atoms with Gasteiger partial charge in [0, 0.05) is 6.08 Å². The fourth-order valence-electron chi connectivity index (χ4n) is 0.139. The third kappa shape index (κ3) is 11.1. The van der Waals surface area contributed by atoms with E-state index < -0.39 is 11.9 Å². The summed E-state index contributed by atoms with van der Waals surface area (Å²) in [6.45, 7) is 0. The largest absolute Gasteiger partial charge is 1.00 e. The molecule has 0 bridgehead atoms. The van der Waals surface area contributed by atoms with Crippen LogP contribution in [-0.4, -0.2) is 17.0 Å². The Kier molecular flexibility index (Phi) is 6.69. The van der Waals surface area contributed by atoms with Gasteiger partial charge in [-0.3, -0.25) is 0 Å². The van der Waals surface area contributed by atoms with Crippen LogP contribution >= 0.6 is 0 Å². The molecular formula is C4H3LiO4. The third-order valence-electron chi connectivity index (χ3n) is 0.362. The molecule has 0 aliphatic rings. The number of carboxylic acid groups (broad SMARTS) is 2. The van der Waals surface area contributed by atoms with Crippen LogP contribution < -0.4 is 24.0 Å². The summed E-state index contributed by atoms with van der Waals surface area (Å²) < 4.78 is 0. The second kappa shape index (κ2) is 5.41. The number of aliphatic carboxylic acids is 2. The van der Waals surface area contributed by atoms with Crippen molar-refractivity contribution < 1.29 is 38.7 Å². The van der Waals surface area contributed by atoms with Gasteiger partial charge in [0.15, 0.2) is 0 Å². The molecule has 0 saturated heterocycles. The van der Waals surface area contributed by atoms with Crippen LogP contribution in [0, 0.1) is 0 Å². The number of hydrogen-bond donors (Lipinski definition) is 1. The third-order valence-corrected chi connectivity index (χ3v) is 0.362. The van der Waals surface area contributed by atoms with Gasteiger partial charge in [0.25, 0.3) is 0 Å². The molecule has 1 N–H and O–H groups in total. The topological polar surface area (TPSA) is 77.4 Å². The van der Waals surface area contributed by atoms with E-state index >= 15 is 0 Å². The maximum absolute atomic E-state index is 9.53. The molecule has 0 fully saturated rings. The molecular weight excluding hydrogens is 119 g/mol. The zero-order valence-corrected chi connectivity index (χ0v) is 4.83. The summed E-state index contributed by atoms with van der Waals surface area (Å²) in [5.74, 6) is -2.80. The number of carboxylic acids is 2. The molecule has 0 aromatic rings. The molecule has 0 aliphatic heterocycles. The van der Waals surface area contributed by atoms with Crippen LogP contribution in [0.2, 0.25) is 0 Å². The summed E-state index contributed by atoms with van der Waals surface area (Å²) in [6, 6.07) is 0. The van der Waals surface area contributed by atoms with Crippen molar-refractivity contribution in [2.45, 2.75) is 0 Å². The SMILES string of the molecule is O=C([O-])C=CC(=O)O.[Li+]. The average molecular weight is 122 g/mol. The molecule has 0 saturated carbocycles. The van der Waals surface area contributed by atoms with Crippen LogP contribution in [0.15, 0.2) is 12.2 Å². The molecule has 44 valence electrons. The first-order chi connectivity index (χ1) is 3.63. The smallest absolute Gasteiger partial charge is 0.545 e. The van der Waals surface area contributed by atoms with E-state index in [9.17, 15) is 14.7 Å². The van der Waals surface area contributed by atoms with Crippen molar-refractivity contribution in [3.05, 3.63) is 12.2 Å². The van der Waals surface area contributed by atoms with Gasteiger partial charge in [0.2, 0.25) is 0 Å². The Morgan fingerprint density at radius 3 is 1.89 bits per heavy atom. The Morgan fingerprint density at radius 2 is 1.78 bits per heavy atom. The quantitative estimate of drug-likeness (QED) is 0.295. The van der Waals surface area contributed by atoms with Crippen molar-refractivity contribution in [3.63, 3.8) is 0 Å². The molecule has 0 aromatic heterocycles. The molecule has 0 atom stereocenters. The van der Waals surface area contributed by atoms with Crippen LogP contribution in [0.4, 0.5) is 0 Å². The van der Waals surface area contributed by atoms with E-state index in [2.05, 4.69) is 0 Å². The zero-order chi connectivity index (χ0) is 6.57. The van der Waals surface area contributed by atoms with Crippen LogP contribution in [0.5, 0.6) is 0 Å². The van der Waals surface area contributed by atoms with Crippen LogP contribution in [0.25, 0.3) is 0 Å². The molecule has 0 amide bonds. The number of hydrogen-bond acceptors (Lipinski definition) is 3. The van der Waals surface area contributed by atoms with Crippen molar-refractivity contribution in [2.24, 2.45) is 0 Å². The Bertz CT molecular complexity index is 124. The molecule has 0 rings (SSSR count). The minimum atomic E-state index is -1.51. The summed E-state index contributed by atoms with van der Waals surface area (Å²) in [5, 5.41) is 17.2. The molecule has 9 heavy (non-hydrogen) atoms. The molecule has 0 unspecified atom stereocenters. The number of carbonyl (C=O) groups is 2. The Morgan fingerprint density at radius 1 is 1.33 bits per heavy atom. The maximum Gasteiger partial charge on any atom is 1.00 e. The molecule has 0 spiro atoms. The Labute approximate surface area is 63.4 Å². The molecule has 0 aromatic carbocycles. The van der Waals surface area contributed by atoms with Gasteiger partial charge in [0.1, 0.15) is 0 Å². The first-order valence-electron chi connectivity index (χ1n) is 1.75. The fraction of sp³-hybridized carbons (Fsp3) is 0. The fourth-order valence-corrected chi connectivity index (χ4v) is 0.139. The van der Waals surface area contributed by atoms with Gasteiger partial charge in [-0.25, -0.2) is 4.79 Å². The maximum atomic E-state index is 9.53. The average Bonchev–Trinajstić information content (AvgIpc) is 1.61. The molecule has 5 heteroatoms. The van der Waals surface area contributed by atoms with Crippen molar-refractivity contribution in [1.29, 1.82) is 0 Å². The predicted molar refractivity (Wildman–Crippen MR) is 21.8 cm³/mol. The van der Waals surface area contributed by atoms with Gasteiger partial charge in [-0.2, -0.15) is 0 Å². The van der Waals surface area contributed by atoms with Crippen molar-refractivity contribution in [1.82, 2.24) is 0 Å². The van der Waals surface area contributed by atoms with Crippen molar-refractivity contribution in [2.75, 3.05) is 0 Å². The second-order valence-corrected chi connectivity index (χ2v) is 0.991. The van der Waals surface area contributed by atoms with Crippen molar-refractivity contribution >= 4 is 11.9 Å². The summed E-state index contributed by atoms with van der Waals surface area (Å²) >= 11 is 0. The monoisotopic (exact) mass is 122 g/mol. The summed E-state index contributed by atoms with van der Waals surface area (Å²) in [5.41, 5.74) is 0. The zero-order valence-electron chi connectivity index (χ0n) is 4.83. The molecule has 0 aliphatic carbocycles. The van der Waals surface area contributed by atoms with E-state index in [1.165, 1.54) is 0 Å². The first kappa shape index (κ1) is 11.1. The number of carbonyl (C=O) groups excluding carboxylic acids is 1. The summed E-state index contributed by atoms with van der Waals surface area (Å²) in [6.07, 6.45) is 0.942. The normalized spacial score (nSPS) is 8.44. The first-order valence-corrected chi connectivity index (χ1v) is 1.75. The van der Waals surface area contributed by atoms with Crippen LogP contribution in [-0.2, 0) is 9.59 Å². The molecule has 0 heterocycles. The molecule has 4 nitrogen and oxygen atoms in total. The van der Waals surface area contributed by atoms with Crippen LogP contribution in [0.3, 0.4) is 0 Å². The van der Waals surface area contributed by atoms with E-state index in [-0.39, 0.29) is 18.9 Å². The minimum Gasteiger partial charge on any atom is -0.545 e. The summed E-state index contributed by atoms with van der Waals surface area (Å²) in [7, 11) is 0. The van der Waals surface area contributed by atoms with E-state index in [4.69, 9.17) is 5.11 Å². The molecule has 0 radical (unpaired) electrons. The Hall–Kier alpha value is -0.723. The number of rotatable bonds is 2. The second-order valence-electron chi connectivity index (χ2n) is 0.991. The standard InChI is InChI=1S/C4H4O4.Li/c5-3(6)1-2-4(7)8;/h1-2H,(H,5,6)(H,7,8);/q;+1/p-1. The van der Waals surface area contributed by atoms with Gasteiger partial charge in [0.05, 0.1) is 5.97 Å². The van der Waals surface area contributed by atoms with E-state index in [0.29, 0.717) is 12.2 Å². The van der Waals surface area contributed by atoms with Gasteiger partial charge in [-0.15, -0.1) is 0 Å². The Balaban J connectivity index is 0. The van der Waals surface area contributed by atoms with Gasteiger partial charge >= 0.3 is 24.8 Å². The van der Waals surface area contributed by atoms with Crippen molar-refractivity contribution in [3.8, 4) is 0 Å². The van der Waals surface area contributed by atoms with Gasteiger partial charge < -0.3 is 15.0 Å². The van der Waals surface area contributed by atoms with E-state index in [1.54, 1.807) is 0 Å². The predicted octanol–water partition coefficient (Wildman–Crippen LogP) is -4.62. The minimum absolute atomic E-state index is 0. The van der Waals surface area contributed by atoms with Gasteiger partial charge in [-0.1, -0.05) is 0 Å². The van der Waals surface area contributed by atoms with Crippen LogP contribution in [0.1, 0.15) is 0 Å². The summed E-state index contributed by atoms with van der Waals surface area (Å²) in [4.78, 5) is 19.0. The van der Waals surface area contributed by atoms with E-state index in [1.807, 2.05) is 0 Å².